The fourth-order valence-electron chi connectivity index (χ4n) is 3.96. The Balaban J connectivity index is 1.59. The van der Waals surface area contributed by atoms with Gasteiger partial charge in [-0.15, -0.1) is 0 Å². The van der Waals surface area contributed by atoms with Gasteiger partial charge in [-0.25, -0.2) is 0 Å². The van der Waals surface area contributed by atoms with Gasteiger partial charge in [0, 0.05) is 29.4 Å². The number of aliphatic hydroxyl groups is 1. The predicted octanol–water partition coefficient (Wildman–Crippen LogP) is 5.50. The van der Waals surface area contributed by atoms with Crippen molar-refractivity contribution in [1.29, 1.82) is 0 Å². The van der Waals surface area contributed by atoms with Crippen LogP contribution in [0.1, 0.15) is 27.8 Å². The van der Waals surface area contributed by atoms with E-state index in [-0.39, 0.29) is 6.42 Å². The molecule has 3 aromatic carbocycles. The molecule has 1 unspecified atom stereocenters. The van der Waals surface area contributed by atoms with Crippen LogP contribution in [0.5, 0.6) is 0 Å². The van der Waals surface area contributed by atoms with Gasteiger partial charge in [-0.05, 0) is 47.9 Å². The topological polar surface area (TPSA) is 78.4 Å². The van der Waals surface area contributed by atoms with Crippen LogP contribution in [-0.4, -0.2) is 23.0 Å². The number of carbonyl (C=O) groups is 2. The van der Waals surface area contributed by atoms with E-state index in [1.807, 2.05) is 31.2 Å². The Bertz CT molecular complexity index is 1360. The van der Waals surface area contributed by atoms with E-state index in [4.69, 9.17) is 0 Å². The SMILES string of the molecule is Cc1cccc(/C(=C/C=C/C(=O)Nc2cccc3c2CC(O)C(=O)N3)c2ccc(C(F)(F)F)cc2)c1. The number of aryl methyl sites for hydroxylation is 1. The van der Waals surface area contributed by atoms with E-state index in [2.05, 4.69) is 10.6 Å². The number of carbonyl (C=O) groups excluding carboxylic acids is 2. The van der Waals surface area contributed by atoms with E-state index < -0.39 is 29.7 Å². The van der Waals surface area contributed by atoms with E-state index in [0.29, 0.717) is 28.1 Å². The third-order valence-corrected chi connectivity index (χ3v) is 5.75. The minimum atomic E-state index is -4.43. The van der Waals surface area contributed by atoms with E-state index in [0.717, 1.165) is 23.3 Å². The number of hydrogen-bond donors (Lipinski definition) is 3. The van der Waals surface area contributed by atoms with Gasteiger partial charge in [-0.2, -0.15) is 13.2 Å². The molecule has 3 aromatic rings. The molecule has 0 radical (unpaired) electrons. The molecule has 2 amide bonds. The zero-order valence-electron chi connectivity index (χ0n) is 19.3. The number of halogens is 3. The molecule has 0 bridgehead atoms. The van der Waals surface area contributed by atoms with Crippen LogP contribution in [0.2, 0.25) is 0 Å². The Morgan fingerprint density at radius 3 is 2.47 bits per heavy atom. The van der Waals surface area contributed by atoms with Gasteiger partial charge in [-0.1, -0.05) is 60.2 Å². The lowest BCUT2D eigenvalue weighted by Crippen LogP contribution is -2.34. The van der Waals surface area contributed by atoms with Crippen LogP contribution >= 0.6 is 0 Å². The van der Waals surface area contributed by atoms with Crippen molar-refractivity contribution in [1.82, 2.24) is 0 Å². The first-order chi connectivity index (χ1) is 17.1. The lowest BCUT2D eigenvalue weighted by atomic mass is 9.95. The van der Waals surface area contributed by atoms with Gasteiger partial charge in [0.25, 0.3) is 5.91 Å². The van der Waals surface area contributed by atoms with Crippen molar-refractivity contribution >= 4 is 28.8 Å². The summed E-state index contributed by atoms with van der Waals surface area (Å²) in [7, 11) is 0. The molecule has 3 N–H and O–H groups in total. The van der Waals surface area contributed by atoms with Crippen molar-refractivity contribution in [2.75, 3.05) is 10.6 Å². The van der Waals surface area contributed by atoms with Crippen LogP contribution in [0.3, 0.4) is 0 Å². The Morgan fingerprint density at radius 2 is 1.78 bits per heavy atom. The monoisotopic (exact) mass is 492 g/mol. The molecule has 8 heteroatoms. The summed E-state index contributed by atoms with van der Waals surface area (Å²) in [5.41, 5.74) is 3.86. The Labute approximate surface area is 206 Å². The van der Waals surface area contributed by atoms with Gasteiger partial charge in [0.05, 0.1) is 5.56 Å². The summed E-state index contributed by atoms with van der Waals surface area (Å²) >= 11 is 0. The number of alkyl halides is 3. The Morgan fingerprint density at radius 1 is 1.06 bits per heavy atom. The third-order valence-electron chi connectivity index (χ3n) is 5.75. The highest BCUT2D eigenvalue weighted by atomic mass is 19.4. The Hall–Kier alpha value is -4.17. The molecule has 0 spiro atoms. The predicted molar refractivity (Wildman–Crippen MR) is 132 cm³/mol. The highest BCUT2D eigenvalue weighted by Crippen LogP contribution is 2.32. The fourth-order valence-corrected chi connectivity index (χ4v) is 3.96. The summed E-state index contributed by atoms with van der Waals surface area (Å²) in [5.74, 6) is -0.940. The van der Waals surface area contributed by atoms with Gasteiger partial charge >= 0.3 is 6.18 Å². The molecule has 0 aromatic heterocycles. The van der Waals surface area contributed by atoms with Crippen LogP contribution in [-0.2, 0) is 22.2 Å². The van der Waals surface area contributed by atoms with Gasteiger partial charge < -0.3 is 15.7 Å². The van der Waals surface area contributed by atoms with Crippen molar-refractivity contribution in [3.8, 4) is 0 Å². The van der Waals surface area contributed by atoms with Gasteiger partial charge in [0.1, 0.15) is 6.10 Å². The minimum Gasteiger partial charge on any atom is -0.383 e. The molecule has 0 fully saturated rings. The normalized spacial score (nSPS) is 16.0. The third kappa shape index (κ3) is 5.72. The molecule has 1 aliphatic rings. The minimum absolute atomic E-state index is 0.0761. The van der Waals surface area contributed by atoms with Crippen LogP contribution < -0.4 is 10.6 Å². The summed E-state index contributed by atoms with van der Waals surface area (Å²) < 4.78 is 39.0. The van der Waals surface area contributed by atoms with Crippen LogP contribution in [0.25, 0.3) is 5.57 Å². The second kappa shape index (κ2) is 10.2. The van der Waals surface area contributed by atoms with E-state index in [9.17, 15) is 27.9 Å². The smallest absolute Gasteiger partial charge is 0.383 e. The molecule has 1 atom stereocenters. The molecule has 184 valence electrons. The number of amides is 2. The zero-order chi connectivity index (χ0) is 25.9. The first-order valence-electron chi connectivity index (χ1n) is 11.2. The van der Waals surface area contributed by atoms with Gasteiger partial charge in [0.2, 0.25) is 5.91 Å². The highest BCUT2D eigenvalue weighted by Gasteiger charge is 2.30. The van der Waals surface area contributed by atoms with Gasteiger partial charge in [0.15, 0.2) is 0 Å². The van der Waals surface area contributed by atoms with Crippen molar-refractivity contribution < 1.29 is 27.9 Å². The maximum absolute atomic E-state index is 13.0. The van der Waals surface area contributed by atoms with Crippen LogP contribution in [0.15, 0.2) is 85.0 Å². The van der Waals surface area contributed by atoms with Crippen molar-refractivity contribution in [2.24, 2.45) is 0 Å². The number of fused-ring (bicyclic) bond motifs is 1. The summed E-state index contributed by atoms with van der Waals surface area (Å²) in [4.78, 5) is 24.3. The van der Waals surface area contributed by atoms with Crippen LogP contribution in [0.4, 0.5) is 24.5 Å². The molecule has 0 saturated heterocycles. The maximum atomic E-state index is 13.0. The van der Waals surface area contributed by atoms with Crippen molar-refractivity contribution in [2.45, 2.75) is 25.6 Å². The maximum Gasteiger partial charge on any atom is 0.416 e. The number of allylic oxidation sites excluding steroid dienone is 2. The molecule has 4 rings (SSSR count). The quantitative estimate of drug-likeness (QED) is 0.325. The number of aliphatic hydroxyl groups excluding tert-OH is 1. The number of anilines is 2. The standard InChI is InChI=1S/C28H23F3N2O3/c1-17-5-2-6-19(15-17)21(18-11-13-20(14-12-18)28(29,30)31)7-3-10-26(35)32-23-8-4-9-24-22(23)16-25(34)27(36)33-24/h2-15,25,34H,16H2,1H3,(H,32,35)(H,33,36)/b10-3+,21-7+. The van der Waals surface area contributed by atoms with Crippen molar-refractivity contribution in [3.05, 3.63) is 113 Å². The number of benzene rings is 3. The van der Waals surface area contributed by atoms with E-state index in [1.54, 1.807) is 24.3 Å². The molecular formula is C28H23F3N2O3. The lowest BCUT2D eigenvalue weighted by molar-refractivity contribution is -0.137. The molecule has 1 aliphatic heterocycles. The first kappa shape index (κ1) is 24.9. The Kier molecular flexibility index (Phi) is 7.07. The zero-order valence-corrected chi connectivity index (χ0v) is 19.3. The van der Waals surface area contributed by atoms with E-state index in [1.165, 1.54) is 24.3 Å². The average molecular weight is 492 g/mol. The van der Waals surface area contributed by atoms with E-state index >= 15 is 0 Å². The average Bonchev–Trinajstić information content (AvgIpc) is 2.83. The number of nitrogens with one attached hydrogen (secondary N) is 2. The van der Waals surface area contributed by atoms with Crippen molar-refractivity contribution in [3.63, 3.8) is 0 Å². The highest BCUT2D eigenvalue weighted by molar-refractivity contribution is 6.03. The first-order valence-corrected chi connectivity index (χ1v) is 11.2. The summed E-state index contributed by atoms with van der Waals surface area (Å²) in [6, 6.07) is 17.4. The second-order valence-electron chi connectivity index (χ2n) is 8.41. The molecule has 5 nitrogen and oxygen atoms in total. The van der Waals surface area contributed by atoms with Gasteiger partial charge in [-0.3, -0.25) is 9.59 Å². The molecule has 1 heterocycles. The number of rotatable bonds is 5. The summed E-state index contributed by atoms with van der Waals surface area (Å²) in [6.07, 6.45) is -1.06. The second-order valence-corrected chi connectivity index (χ2v) is 8.41. The molecule has 0 aliphatic carbocycles. The summed E-state index contributed by atoms with van der Waals surface area (Å²) in [6.45, 7) is 1.91. The fraction of sp³-hybridized carbons (Fsp3) is 0.143. The van der Waals surface area contributed by atoms with Crippen LogP contribution in [0, 0.1) is 6.92 Å². The molecule has 0 saturated carbocycles. The lowest BCUT2D eigenvalue weighted by Gasteiger charge is -2.23. The largest absolute Gasteiger partial charge is 0.416 e. The molecular weight excluding hydrogens is 469 g/mol. The summed E-state index contributed by atoms with van der Waals surface area (Å²) in [5, 5.41) is 15.2. The number of hydrogen-bond acceptors (Lipinski definition) is 3. The molecule has 36 heavy (non-hydrogen) atoms.